The molecule has 1 aromatic carbocycles. The highest BCUT2D eigenvalue weighted by atomic mass is 16.5. The zero-order valence-electron chi connectivity index (χ0n) is 16.7. The minimum Gasteiger partial charge on any atom is -0.339 e. The Hall–Kier alpha value is -3.16. The molecular weight excluding hydrogens is 356 g/mol. The van der Waals surface area contributed by atoms with Crippen LogP contribution in [0.1, 0.15) is 50.0 Å². The van der Waals surface area contributed by atoms with E-state index in [1.165, 1.54) is 0 Å². The van der Waals surface area contributed by atoms with Gasteiger partial charge in [-0.3, -0.25) is 0 Å². The first-order valence-corrected chi connectivity index (χ1v) is 9.38. The lowest BCUT2D eigenvalue weighted by atomic mass is 10.2. The number of nitrogens with one attached hydrogen (secondary N) is 1. The molecule has 8 heteroatoms. The average molecular weight is 382 g/mol. The summed E-state index contributed by atoms with van der Waals surface area (Å²) >= 11 is 0. The van der Waals surface area contributed by atoms with Crippen LogP contribution < -0.4 is 5.32 Å². The van der Waals surface area contributed by atoms with Gasteiger partial charge < -0.3 is 14.7 Å². The van der Waals surface area contributed by atoms with Gasteiger partial charge in [0, 0.05) is 37.7 Å². The highest BCUT2D eigenvalue weighted by Crippen LogP contribution is 2.15. The summed E-state index contributed by atoms with van der Waals surface area (Å²) in [5, 5.41) is 11.3. The zero-order chi connectivity index (χ0) is 20.1. The summed E-state index contributed by atoms with van der Waals surface area (Å²) in [6, 6.07) is 9.53. The van der Waals surface area contributed by atoms with E-state index >= 15 is 0 Å². The molecule has 0 spiro atoms. The van der Waals surface area contributed by atoms with E-state index in [1.807, 2.05) is 57.3 Å². The monoisotopic (exact) mass is 382 g/mol. The van der Waals surface area contributed by atoms with Crippen molar-refractivity contribution in [3.8, 4) is 5.69 Å². The van der Waals surface area contributed by atoms with Gasteiger partial charge in [0.15, 0.2) is 5.82 Å². The lowest BCUT2D eigenvalue weighted by Gasteiger charge is -2.20. The summed E-state index contributed by atoms with van der Waals surface area (Å²) in [6.45, 7) is 6.43. The predicted molar refractivity (Wildman–Crippen MR) is 105 cm³/mol. The van der Waals surface area contributed by atoms with Crippen molar-refractivity contribution in [2.45, 2.75) is 39.2 Å². The third-order valence-electron chi connectivity index (χ3n) is 4.46. The fourth-order valence-corrected chi connectivity index (χ4v) is 2.63. The summed E-state index contributed by atoms with van der Waals surface area (Å²) in [7, 11) is 1.75. The largest absolute Gasteiger partial charge is 0.339 e. The quantitative estimate of drug-likeness (QED) is 0.677. The van der Waals surface area contributed by atoms with Crippen LogP contribution in [0.2, 0.25) is 0 Å². The van der Waals surface area contributed by atoms with Gasteiger partial charge in [0.05, 0.1) is 17.9 Å². The third-order valence-corrected chi connectivity index (χ3v) is 4.46. The number of para-hydroxylation sites is 1. The molecule has 0 radical (unpaired) electrons. The van der Waals surface area contributed by atoms with E-state index in [4.69, 9.17) is 4.52 Å². The second-order valence-electron chi connectivity index (χ2n) is 7.10. The molecule has 148 valence electrons. The summed E-state index contributed by atoms with van der Waals surface area (Å²) < 4.78 is 6.99. The molecule has 0 saturated heterocycles. The second kappa shape index (κ2) is 8.69. The SMILES string of the molecule is CC(C)c1nc(CCN(C)C(=O)NC(C)c2cnn(-c3ccccc3)c2)no1. The van der Waals surface area contributed by atoms with E-state index in [-0.39, 0.29) is 18.0 Å². The van der Waals surface area contributed by atoms with Gasteiger partial charge in [0.1, 0.15) is 0 Å². The summed E-state index contributed by atoms with van der Waals surface area (Å²) in [6.07, 6.45) is 4.23. The van der Waals surface area contributed by atoms with E-state index in [9.17, 15) is 4.79 Å². The number of carbonyl (C=O) groups excluding carboxylic acids is 1. The normalized spacial score (nSPS) is 12.2. The van der Waals surface area contributed by atoms with Gasteiger partial charge in [-0.05, 0) is 19.1 Å². The molecule has 0 aliphatic rings. The number of amides is 2. The fourth-order valence-electron chi connectivity index (χ4n) is 2.63. The molecule has 0 saturated carbocycles. The predicted octanol–water partition coefficient (Wildman–Crippen LogP) is 3.32. The van der Waals surface area contributed by atoms with Gasteiger partial charge in [-0.1, -0.05) is 37.2 Å². The number of benzene rings is 1. The molecule has 1 unspecified atom stereocenters. The van der Waals surface area contributed by atoms with Gasteiger partial charge >= 0.3 is 6.03 Å². The maximum atomic E-state index is 12.5. The van der Waals surface area contributed by atoms with E-state index in [1.54, 1.807) is 22.8 Å². The molecule has 2 amide bonds. The van der Waals surface area contributed by atoms with Crippen LogP contribution in [-0.4, -0.2) is 44.4 Å². The fraction of sp³-hybridized carbons (Fsp3) is 0.400. The number of nitrogens with zero attached hydrogens (tertiary/aromatic N) is 5. The Labute approximate surface area is 164 Å². The Kier molecular flexibility index (Phi) is 6.08. The molecule has 2 heterocycles. The van der Waals surface area contributed by atoms with Crippen molar-refractivity contribution < 1.29 is 9.32 Å². The minimum absolute atomic E-state index is 0.160. The highest BCUT2D eigenvalue weighted by molar-refractivity contribution is 5.74. The average Bonchev–Trinajstić information content (AvgIpc) is 3.36. The standard InChI is InChI=1S/C20H26N6O2/c1-14(2)19-23-18(24-28-19)10-11-25(4)20(27)22-15(3)16-12-21-26(13-16)17-8-6-5-7-9-17/h5-9,12-15H,10-11H2,1-4H3,(H,22,27). The number of hydrogen-bond acceptors (Lipinski definition) is 5. The third kappa shape index (κ3) is 4.76. The van der Waals surface area contributed by atoms with Crippen LogP contribution in [-0.2, 0) is 6.42 Å². The molecule has 3 aromatic rings. The van der Waals surface area contributed by atoms with Gasteiger partial charge in [0.25, 0.3) is 0 Å². The Morgan fingerprint density at radius 2 is 2.00 bits per heavy atom. The van der Waals surface area contributed by atoms with Crippen molar-refractivity contribution in [2.24, 2.45) is 0 Å². The number of aromatic nitrogens is 4. The van der Waals surface area contributed by atoms with E-state index in [2.05, 4.69) is 20.6 Å². The lowest BCUT2D eigenvalue weighted by molar-refractivity contribution is 0.205. The van der Waals surface area contributed by atoms with Gasteiger partial charge in [-0.2, -0.15) is 10.1 Å². The van der Waals surface area contributed by atoms with Crippen LogP contribution in [0.5, 0.6) is 0 Å². The van der Waals surface area contributed by atoms with Crippen LogP contribution in [0.3, 0.4) is 0 Å². The molecule has 8 nitrogen and oxygen atoms in total. The molecule has 28 heavy (non-hydrogen) atoms. The summed E-state index contributed by atoms with van der Waals surface area (Å²) in [5.74, 6) is 1.42. The number of hydrogen-bond donors (Lipinski definition) is 1. The van der Waals surface area contributed by atoms with E-state index in [0.717, 1.165) is 11.3 Å². The topological polar surface area (TPSA) is 89.1 Å². The van der Waals surface area contributed by atoms with Crippen molar-refractivity contribution >= 4 is 6.03 Å². The Morgan fingerprint density at radius 3 is 2.68 bits per heavy atom. The summed E-state index contributed by atoms with van der Waals surface area (Å²) in [4.78, 5) is 18.4. The van der Waals surface area contributed by atoms with Crippen LogP contribution in [0.4, 0.5) is 4.79 Å². The van der Waals surface area contributed by atoms with Crippen LogP contribution in [0, 0.1) is 0 Å². The number of carbonyl (C=O) groups is 1. The van der Waals surface area contributed by atoms with Crippen LogP contribution in [0.15, 0.2) is 47.2 Å². The Bertz CT molecular complexity index is 902. The zero-order valence-corrected chi connectivity index (χ0v) is 16.7. The van der Waals surface area contributed by atoms with Crippen molar-refractivity contribution in [1.29, 1.82) is 0 Å². The van der Waals surface area contributed by atoms with Gasteiger partial charge in [0.2, 0.25) is 5.89 Å². The number of likely N-dealkylation sites (N-methyl/N-ethyl adjacent to an activating group) is 1. The molecule has 1 atom stereocenters. The first-order valence-electron chi connectivity index (χ1n) is 9.38. The van der Waals surface area contributed by atoms with Crippen LogP contribution >= 0.6 is 0 Å². The molecule has 0 aliphatic heterocycles. The smallest absolute Gasteiger partial charge is 0.317 e. The molecule has 1 N–H and O–H groups in total. The minimum atomic E-state index is -0.162. The first kappa shape index (κ1) is 19.6. The van der Waals surface area contributed by atoms with Crippen molar-refractivity contribution in [3.63, 3.8) is 0 Å². The maximum absolute atomic E-state index is 12.5. The molecule has 3 rings (SSSR count). The molecule has 0 aliphatic carbocycles. The molecule has 0 bridgehead atoms. The molecular formula is C20H26N6O2. The van der Waals surface area contributed by atoms with Gasteiger partial charge in [-0.25, -0.2) is 9.48 Å². The second-order valence-corrected chi connectivity index (χ2v) is 7.10. The van der Waals surface area contributed by atoms with Gasteiger partial charge in [-0.15, -0.1) is 0 Å². The van der Waals surface area contributed by atoms with Crippen molar-refractivity contribution in [1.82, 2.24) is 30.1 Å². The number of rotatable bonds is 7. The molecule has 2 aromatic heterocycles. The summed E-state index contributed by atoms with van der Waals surface area (Å²) in [5.41, 5.74) is 1.91. The Morgan fingerprint density at radius 1 is 1.25 bits per heavy atom. The lowest BCUT2D eigenvalue weighted by Crippen LogP contribution is -2.39. The maximum Gasteiger partial charge on any atom is 0.317 e. The first-order chi connectivity index (χ1) is 13.4. The van der Waals surface area contributed by atoms with Crippen molar-refractivity contribution in [2.75, 3.05) is 13.6 Å². The van der Waals surface area contributed by atoms with Crippen LogP contribution in [0.25, 0.3) is 5.69 Å². The van der Waals surface area contributed by atoms with E-state index in [0.29, 0.717) is 24.7 Å². The molecule has 0 fully saturated rings. The Balaban J connectivity index is 1.52. The van der Waals surface area contributed by atoms with Crippen molar-refractivity contribution in [3.05, 3.63) is 60.0 Å². The number of urea groups is 1. The van der Waals surface area contributed by atoms with E-state index < -0.39 is 0 Å². The highest BCUT2D eigenvalue weighted by Gasteiger charge is 2.16.